The Kier molecular flexibility index (Phi) is 7.51. The molecule has 0 radical (unpaired) electrons. The molecule has 0 saturated carbocycles. The van der Waals surface area contributed by atoms with Crippen LogP contribution in [0.1, 0.15) is 25.0 Å². The molecule has 0 aliphatic carbocycles. The summed E-state index contributed by atoms with van der Waals surface area (Å²) in [5, 5.41) is 9.99. The van der Waals surface area contributed by atoms with Crippen LogP contribution in [0.3, 0.4) is 0 Å². The molecule has 1 saturated heterocycles. The molecule has 1 N–H and O–H groups in total. The van der Waals surface area contributed by atoms with Gasteiger partial charge < -0.3 is 23.9 Å². The van der Waals surface area contributed by atoms with Crippen LogP contribution in [0.5, 0.6) is 0 Å². The number of aryl methyl sites for hydroxylation is 1. The highest BCUT2D eigenvalue weighted by molar-refractivity contribution is 5.85. The van der Waals surface area contributed by atoms with Crippen molar-refractivity contribution in [3.05, 3.63) is 42.2 Å². The molecule has 3 aromatic rings. The Morgan fingerprint density at radius 2 is 2.09 bits per heavy atom. The van der Waals surface area contributed by atoms with E-state index >= 15 is 0 Å². The van der Waals surface area contributed by atoms with Crippen molar-refractivity contribution in [2.45, 2.75) is 25.7 Å². The highest BCUT2D eigenvalue weighted by atomic mass is 19.1. The number of furan rings is 1. The molecule has 1 fully saturated rings. The lowest BCUT2D eigenvalue weighted by molar-refractivity contribution is -0.142. The first-order valence-corrected chi connectivity index (χ1v) is 11.1. The molecular weight excluding hydrogens is 429 g/mol. The molecule has 0 bridgehead atoms. The lowest BCUT2D eigenvalue weighted by atomic mass is 9.96. The molecule has 9 heteroatoms. The number of halogens is 1. The van der Waals surface area contributed by atoms with Gasteiger partial charge >= 0.3 is 5.97 Å². The highest BCUT2D eigenvalue weighted by Gasteiger charge is 2.27. The Hall–Kier alpha value is -3.04. The zero-order valence-corrected chi connectivity index (χ0v) is 18.6. The van der Waals surface area contributed by atoms with E-state index in [9.17, 15) is 14.3 Å². The number of ether oxygens (including phenoxy) is 2. The summed E-state index contributed by atoms with van der Waals surface area (Å²) in [6, 6.07) is 4.96. The Balaban J connectivity index is 1.59. The van der Waals surface area contributed by atoms with Crippen LogP contribution in [0.2, 0.25) is 0 Å². The topological polar surface area (TPSA) is 97.9 Å². The minimum atomic E-state index is -0.768. The summed E-state index contributed by atoms with van der Waals surface area (Å²) >= 11 is 0. The number of rotatable bonds is 10. The summed E-state index contributed by atoms with van der Waals surface area (Å²) in [7, 11) is 1.64. The summed E-state index contributed by atoms with van der Waals surface area (Å²) in [5.74, 6) is -0.929. The third-order valence-electron chi connectivity index (χ3n) is 5.88. The average molecular weight is 458 g/mol. The van der Waals surface area contributed by atoms with E-state index in [2.05, 4.69) is 9.88 Å². The quantitative estimate of drug-likeness (QED) is 0.458. The second-order valence-corrected chi connectivity index (χ2v) is 8.14. The van der Waals surface area contributed by atoms with Crippen molar-refractivity contribution in [3.63, 3.8) is 0 Å². The number of piperidine rings is 1. The molecular formula is C24H28FN3O5. The number of benzene rings is 1. The molecule has 1 aliphatic heterocycles. The van der Waals surface area contributed by atoms with Crippen molar-refractivity contribution in [2.24, 2.45) is 5.92 Å². The van der Waals surface area contributed by atoms with E-state index in [1.165, 1.54) is 12.3 Å². The fraction of sp³-hybridized carbons (Fsp3) is 0.458. The van der Waals surface area contributed by atoms with E-state index in [1.54, 1.807) is 19.4 Å². The van der Waals surface area contributed by atoms with E-state index < -0.39 is 11.8 Å². The number of carboxylic acids is 1. The van der Waals surface area contributed by atoms with Crippen molar-refractivity contribution in [1.82, 2.24) is 9.97 Å². The van der Waals surface area contributed by atoms with Gasteiger partial charge in [0.15, 0.2) is 17.2 Å². The van der Waals surface area contributed by atoms with Crippen LogP contribution < -0.4 is 4.90 Å². The van der Waals surface area contributed by atoms with Crippen LogP contribution in [0.4, 0.5) is 10.2 Å². The van der Waals surface area contributed by atoms with E-state index in [4.69, 9.17) is 18.9 Å². The molecule has 2 aromatic heterocycles. The van der Waals surface area contributed by atoms with E-state index in [0.29, 0.717) is 74.6 Å². The summed E-state index contributed by atoms with van der Waals surface area (Å²) in [6.07, 6.45) is 5.71. The van der Waals surface area contributed by atoms with Crippen molar-refractivity contribution >= 4 is 22.8 Å². The highest BCUT2D eigenvalue weighted by Crippen LogP contribution is 2.33. The van der Waals surface area contributed by atoms with Crippen molar-refractivity contribution in [2.75, 3.05) is 44.9 Å². The van der Waals surface area contributed by atoms with E-state index in [-0.39, 0.29) is 11.5 Å². The molecule has 4 rings (SSSR count). The number of methoxy groups -OCH3 is 1. The molecule has 0 spiro atoms. The van der Waals surface area contributed by atoms with Gasteiger partial charge in [0.2, 0.25) is 0 Å². The van der Waals surface area contributed by atoms with Crippen LogP contribution in [0, 0.1) is 11.7 Å². The molecule has 33 heavy (non-hydrogen) atoms. The standard InChI is InChI=1S/C24H28FN3O5/c1-31-11-12-32-9-2-3-19-15-26-21(18-13-17-6-10-33-22(17)20(25)14-18)23(27-19)28-7-4-16(5-8-28)24(29)30/h6,10,13-16H,2-5,7-9,11-12H2,1H3,(H,29,30). The monoisotopic (exact) mass is 457 g/mol. The summed E-state index contributed by atoms with van der Waals surface area (Å²) in [5.41, 5.74) is 2.21. The average Bonchev–Trinajstić information content (AvgIpc) is 3.31. The lowest BCUT2D eigenvalue weighted by Gasteiger charge is -2.32. The van der Waals surface area contributed by atoms with Crippen molar-refractivity contribution < 1.29 is 28.2 Å². The summed E-state index contributed by atoms with van der Waals surface area (Å²) in [4.78, 5) is 22.9. The number of hydrogen-bond donors (Lipinski definition) is 1. The van der Waals surface area contributed by atoms with Crippen LogP contribution in [0.25, 0.3) is 22.2 Å². The fourth-order valence-corrected chi connectivity index (χ4v) is 4.07. The normalized spacial score (nSPS) is 14.8. The molecule has 1 aromatic carbocycles. The second kappa shape index (κ2) is 10.7. The largest absolute Gasteiger partial charge is 0.481 e. The van der Waals surface area contributed by atoms with Gasteiger partial charge in [-0.1, -0.05) is 0 Å². The van der Waals surface area contributed by atoms with E-state index in [1.807, 2.05) is 6.07 Å². The Bertz CT molecular complexity index is 1090. The Morgan fingerprint density at radius 3 is 2.85 bits per heavy atom. The Labute approximate surface area is 191 Å². The first-order valence-electron chi connectivity index (χ1n) is 11.1. The number of aromatic nitrogens is 2. The van der Waals surface area contributed by atoms with Gasteiger partial charge in [0.05, 0.1) is 31.1 Å². The third-order valence-corrected chi connectivity index (χ3v) is 5.88. The number of nitrogens with zero attached hydrogens (tertiary/aromatic N) is 3. The second-order valence-electron chi connectivity index (χ2n) is 8.14. The van der Waals surface area contributed by atoms with Gasteiger partial charge in [-0.25, -0.2) is 9.37 Å². The molecule has 3 heterocycles. The number of carboxylic acid groups (broad SMARTS) is 1. The van der Waals surface area contributed by atoms with Gasteiger partial charge in [-0.05, 0) is 43.9 Å². The Morgan fingerprint density at radius 1 is 1.27 bits per heavy atom. The molecule has 1 aliphatic rings. The zero-order chi connectivity index (χ0) is 23.2. The number of hydrogen-bond acceptors (Lipinski definition) is 7. The molecule has 0 amide bonds. The van der Waals surface area contributed by atoms with Crippen LogP contribution in [-0.2, 0) is 20.7 Å². The minimum Gasteiger partial charge on any atom is -0.481 e. The van der Waals surface area contributed by atoms with Gasteiger partial charge in [0.25, 0.3) is 0 Å². The van der Waals surface area contributed by atoms with Crippen LogP contribution >= 0.6 is 0 Å². The maximum absolute atomic E-state index is 14.6. The lowest BCUT2D eigenvalue weighted by Crippen LogP contribution is -2.37. The first-order chi connectivity index (χ1) is 16.1. The summed E-state index contributed by atoms with van der Waals surface area (Å²) in [6.45, 7) is 2.81. The number of fused-ring (bicyclic) bond motifs is 1. The van der Waals surface area contributed by atoms with Gasteiger partial charge in [-0.3, -0.25) is 9.78 Å². The van der Waals surface area contributed by atoms with Crippen LogP contribution in [-0.4, -0.2) is 61.1 Å². The molecule has 0 unspecified atom stereocenters. The number of carbonyl (C=O) groups is 1. The van der Waals surface area contributed by atoms with Gasteiger partial charge in [-0.15, -0.1) is 0 Å². The zero-order valence-electron chi connectivity index (χ0n) is 18.6. The van der Waals surface area contributed by atoms with Crippen molar-refractivity contribution in [3.8, 4) is 11.3 Å². The third kappa shape index (κ3) is 5.48. The first kappa shape index (κ1) is 23.1. The molecule has 8 nitrogen and oxygen atoms in total. The maximum Gasteiger partial charge on any atom is 0.306 e. The predicted octanol–water partition coefficient (Wildman–Crippen LogP) is 3.93. The fourth-order valence-electron chi connectivity index (χ4n) is 4.07. The number of anilines is 1. The van der Waals surface area contributed by atoms with E-state index in [0.717, 1.165) is 12.1 Å². The smallest absolute Gasteiger partial charge is 0.306 e. The predicted molar refractivity (Wildman–Crippen MR) is 121 cm³/mol. The number of aliphatic carboxylic acids is 1. The SMILES string of the molecule is COCCOCCCc1cnc(-c2cc(F)c3occc3c2)c(N2CCC(C(=O)O)CC2)n1. The van der Waals surface area contributed by atoms with Crippen molar-refractivity contribution in [1.29, 1.82) is 0 Å². The van der Waals surface area contributed by atoms with Gasteiger partial charge in [0, 0.05) is 44.0 Å². The maximum atomic E-state index is 14.6. The van der Waals surface area contributed by atoms with Crippen LogP contribution in [0.15, 0.2) is 35.1 Å². The summed E-state index contributed by atoms with van der Waals surface area (Å²) < 4.78 is 30.3. The molecule has 0 atom stereocenters. The molecule has 176 valence electrons. The minimum absolute atomic E-state index is 0.209. The van der Waals surface area contributed by atoms with Gasteiger partial charge in [0.1, 0.15) is 5.69 Å². The van der Waals surface area contributed by atoms with Gasteiger partial charge in [-0.2, -0.15) is 0 Å².